The second-order valence-electron chi connectivity index (χ2n) is 4.01. The zero-order valence-corrected chi connectivity index (χ0v) is 13.7. The second-order valence-corrected chi connectivity index (χ2v) is 5.89. The maximum atomic E-state index is 6.33. The number of anilines is 1. The van der Waals surface area contributed by atoms with Gasteiger partial charge in [0.25, 0.3) is 0 Å². The summed E-state index contributed by atoms with van der Waals surface area (Å²) in [6, 6.07) is 6.62. The molecule has 4 heteroatoms. The Hall–Kier alpha value is 0.140. The lowest BCUT2D eigenvalue weighted by Crippen LogP contribution is -2.34. The van der Waals surface area contributed by atoms with Crippen molar-refractivity contribution in [1.82, 2.24) is 0 Å². The van der Waals surface area contributed by atoms with Crippen LogP contribution in [0.3, 0.4) is 0 Å². The van der Waals surface area contributed by atoms with E-state index < -0.39 is 0 Å². The van der Waals surface area contributed by atoms with Crippen LogP contribution in [0.15, 0.2) is 18.2 Å². The number of hydrogen-bond acceptors (Lipinski definition) is 2. The zero-order valence-electron chi connectivity index (χ0n) is 10.5. The van der Waals surface area contributed by atoms with E-state index in [1.54, 1.807) is 0 Å². The van der Waals surface area contributed by atoms with Gasteiger partial charge in [0.2, 0.25) is 0 Å². The molecule has 0 aliphatic carbocycles. The SMILES string of the molecule is CCC(CSC)N(C)c1c(Cl)cccc1CBr. The van der Waals surface area contributed by atoms with Gasteiger partial charge < -0.3 is 4.90 Å². The Morgan fingerprint density at radius 1 is 1.47 bits per heavy atom. The summed E-state index contributed by atoms with van der Waals surface area (Å²) in [4.78, 5) is 2.31. The Kier molecular flexibility index (Phi) is 6.75. The summed E-state index contributed by atoms with van der Waals surface area (Å²) in [7, 11) is 2.14. The molecular formula is C13H19BrClNS. The summed E-state index contributed by atoms with van der Waals surface area (Å²) in [6.07, 6.45) is 3.28. The van der Waals surface area contributed by atoms with Crippen LogP contribution in [-0.2, 0) is 5.33 Å². The summed E-state index contributed by atoms with van der Waals surface area (Å²) in [5.74, 6) is 1.12. The van der Waals surface area contributed by atoms with Crippen molar-refractivity contribution in [3.8, 4) is 0 Å². The first-order chi connectivity index (χ1) is 8.15. The van der Waals surface area contributed by atoms with Crippen LogP contribution in [0.5, 0.6) is 0 Å². The number of alkyl halides is 1. The fraction of sp³-hybridized carbons (Fsp3) is 0.538. The molecule has 0 fully saturated rings. The van der Waals surface area contributed by atoms with Crippen LogP contribution in [0.1, 0.15) is 18.9 Å². The smallest absolute Gasteiger partial charge is 0.0642 e. The van der Waals surface area contributed by atoms with Crippen molar-refractivity contribution in [3.05, 3.63) is 28.8 Å². The van der Waals surface area contributed by atoms with Crippen LogP contribution in [0.4, 0.5) is 5.69 Å². The third kappa shape index (κ3) is 3.80. The highest BCUT2D eigenvalue weighted by molar-refractivity contribution is 9.08. The maximum absolute atomic E-state index is 6.33. The molecule has 17 heavy (non-hydrogen) atoms. The fourth-order valence-electron chi connectivity index (χ4n) is 1.94. The van der Waals surface area contributed by atoms with E-state index in [0.717, 1.165) is 28.2 Å². The van der Waals surface area contributed by atoms with E-state index in [4.69, 9.17) is 11.6 Å². The largest absolute Gasteiger partial charge is 0.369 e. The van der Waals surface area contributed by atoms with Gasteiger partial charge in [0.15, 0.2) is 0 Å². The third-order valence-electron chi connectivity index (χ3n) is 2.95. The van der Waals surface area contributed by atoms with E-state index >= 15 is 0 Å². The lowest BCUT2D eigenvalue weighted by molar-refractivity contribution is 0.672. The van der Waals surface area contributed by atoms with Crippen LogP contribution >= 0.6 is 39.3 Å². The molecule has 1 unspecified atom stereocenters. The Bertz CT molecular complexity index is 359. The zero-order chi connectivity index (χ0) is 12.8. The predicted octanol–water partition coefficient (Wildman–Crippen LogP) is 4.81. The quantitative estimate of drug-likeness (QED) is 0.686. The summed E-state index contributed by atoms with van der Waals surface area (Å²) in [6.45, 7) is 2.22. The average Bonchev–Trinajstić information content (AvgIpc) is 2.34. The highest BCUT2D eigenvalue weighted by atomic mass is 79.9. The molecule has 96 valence electrons. The second kappa shape index (κ2) is 7.55. The van der Waals surface area contributed by atoms with Gasteiger partial charge in [0.1, 0.15) is 0 Å². The molecule has 1 rings (SSSR count). The molecule has 1 aromatic carbocycles. The minimum Gasteiger partial charge on any atom is -0.369 e. The molecule has 0 spiro atoms. The molecule has 0 saturated heterocycles. The van der Waals surface area contributed by atoms with Crippen LogP contribution in [0.25, 0.3) is 0 Å². The summed E-state index contributed by atoms with van der Waals surface area (Å²) in [5, 5.41) is 1.67. The fourth-order valence-corrected chi connectivity index (χ4v) is 3.57. The van der Waals surface area contributed by atoms with Gasteiger partial charge in [-0.15, -0.1) is 0 Å². The number of benzene rings is 1. The van der Waals surface area contributed by atoms with Crippen molar-refractivity contribution >= 4 is 45.0 Å². The Morgan fingerprint density at radius 3 is 2.71 bits per heavy atom. The van der Waals surface area contributed by atoms with E-state index in [9.17, 15) is 0 Å². The molecule has 0 aromatic heterocycles. The molecule has 1 nitrogen and oxygen atoms in total. The van der Waals surface area contributed by atoms with Gasteiger partial charge in [-0.3, -0.25) is 0 Å². The molecule has 0 aliphatic heterocycles. The molecule has 1 atom stereocenters. The molecule has 0 aliphatic rings. The minimum atomic E-state index is 0.530. The molecule has 0 bridgehead atoms. The van der Waals surface area contributed by atoms with Crippen molar-refractivity contribution < 1.29 is 0 Å². The van der Waals surface area contributed by atoms with E-state index in [2.05, 4.69) is 47.1 Å². The van der Waals surface area contributed by atoms with Gasteiger partial charge in [-0.2, -0.15) is 11.8 Å². The first-order valence-corrected chi connectivity index (χ1v) is 8.60. The number of thioether (sulfide) groups is 1. The van der Waals surface area contributed by atoms with Crippen LogP contribution in [0.2, 0.25) is 5.02 Å². The number of halogens is 2. The van der Waals surface area contributed by atoms with Crippen molar-refractivity contribution in [2.24, 2.45) is 0 Å². The standard InChI is InChI=1S/C13H19BrClNS/c1-4-11(9-17-3)16(2)13-10(8-14)6-5-7-12(13)15/h5-7,11H,4,8-9H2,1-3H3. The van der Waals surface area contributed by atoms with Gasteiger partial charge in [0.05, 0.1) is 10.7 Å². The number of rotatable bonds is 6. The van der Waals surface area contributed by atoms with E-state index in [1.165, 1.54) is 5.56 Å². The lowest BCUT2D eigenvalue weighted by Gasteiger charge is -2.31. The van der Waals surface area contributed by atoms with Gasteiger partial charge in [-0.1, -0.05) is 46.6 Å². The summed E-state index contributed by atoms with van der Waals surface area (Å²) in [5.41, 5.74) is 2.41. The molecule has 0 heterocycles. The van der Waals surface area contributed by atoms with Gasteiger partial charge in [0, 0.05) is 24.2 Å². The number of para-hydroxylation sites is 1. The Balaban J connectivity index is 3.04. The summed E-state index contributed by atoms with van der Waals surface area (Å²) >= 11 is 11.7. The van der Waals surface area contributed by atoms with E-state index in [-0.39, 0.29) is 0 Å². The van der Waals surface area contributed by atoms with Crippen LogP contribution < -0.4 is 4.90 Å². The van der Waals surface area contributed by atoms with Crippen molar-refractivity contribution in [3.63, 3.8) is 0 Å². The predicted molar refractivity (Wildman–Crippen MR) is 84.9 cm³/mol. The molecular weight excluding hydrogens is 318 g/mol. The molecule has 0 N–H and O–H groups in total. The van der Waals surface area contributed by atoms with Gasteiger partial charge in [-0.05, 0) is 24.3 Å². The topological polar surface area (TPSA) is 3.24 Å². The minimum absolute atomic E-state index is 0.530. The third-order valence-corrected chi connectivity index (χ3v) is 4.57. The molecule has 1 aromatic rings. The summed E-state index contributed by atoms with van der Waals surface area (Å²) < 4.78 is 0. The van der Waals surface area contributed by atoms with Gasteiger partial charge in [-0.25, -0.2) is 0 Å². The number of hydrogen-bond donors (Lipinski definition) is 0. The normalized spacial score (nSPS) is 12.5. The average molecular weight is 337 g/mol. The highest BCUT2D eigenvalue weighted by Gasteiger charge is 2.17. The lowest BCUT2D eigenvalue weighted by atomic mass is 10.1. The number of nitrogens with zero attached hydrogens (tertiary/aromatic N) is 1. The molecule has 0 radical (unpaired) electrons. The Morgan fingerprint density at radius 2 is 2.18 bits per heavy atom. The van der Waals surface area contributed by atoms with E-state index in [1.807, 2.05) is 23.9 Å². The van der Waals surface area contributed by atoms with Gasteiger partial charge >= 0.3 is 0 Å². The highest BCUT2D eigenvalue weighted by Crippen LogP contribution is 2.32. The Labute approximate surface area is 122 Å². The van der Waals surface area contributed by atoms with Crippen molar-refractivity contribution in [2.75, 3.05) is 24.0 Å². The van der Waals surface area contributed by atoms with Crippen LogP contribution in [0, 0.1) is 0 Å². The van der Waals surface area contributed by atoms with Crippen LogP contribution in [-0.4, -0.2) is 25.1 Å². The van der Waals surface area contributed by atoms with Crippen molar-refractivity contribution in [1.29, 1.82) is 0 Å². The first-order valence-electron chi connectivity index (χ1n) is 5.70. The maximum Gasteiger partial charge on any atom is 0.0642 e. The van der Waals surface area contributed by atoms with Crippen molar-refractivity contribution in [2.45, 2.75) is 24.7 Å². The monoisotopic (exact) mass is 335 g/mol. The van der Waals surface area contributed by atoms with E-state index in [0.29, 0.717) is 6.04 Å². The molecule has 0 amide bonds. The first kappa shape index (κ1) is 15.2. The molecule has 0 saturated carbocycles.